The van der Waals surface area contributed by atoms with Crippen molar-refractivity contribution >= 4 is 21.8 Å². The highest BCUT2D eigenvalue weighted by Gasteiger charge is 2.17. The standard InChI is InChI=1S/C20H17BrF2N4O4/c1-11-26-19(31-10-13-2-4-14(22)8-15(13)23)17(21)20(30)27(11)16-5-3-12(9-25-16)18(29)24-6-7-28/h2-5,8-9,28H,6-7,10H2,1H3,(H,24,29). The number of carbonyl (C=O) groups excluding carboxylic acids is 1. The maximum Gasteiger partial charge on any atom is 0.277 e. The van der Waals surface area contributed by atoms with E-state index in [2.05, 4.69) is 31.2 Å². The molecule has 0 fully saturated rings. The molecule has 2 N–H and O–H groups in total. The summed E-state index contributed by atoms with van der Waals surface area (Å²) in [5, 5.41) is 11.3. The summed E-state index contributed by atoms with van der Waals surface area (Å²) in [6.07, 6.45) is 1.30. The van der Waals surface area contributed by atoms with Crippen LogP contribution in [-0.2, 0) is 6.61 Å². The van der Waals surface area contributed by atoms with E-state index in [-0.39, 0.29) is 52.9 Å². The largest absolute Gasteiger partial charge is 0.472 e. The number of amides is 1. The van der Waals surface area contributed by atoms with Crippen LogP contribution < -0.4 is 15.6 Å². The number of pyridine rings is 1. The fourth-order valence-electron chi connectivity index (χ4n) is 2.66. The number of halogens is 3. The number of rotatable bonds is 7. The molecule has 0 unspecified atom stereocenters. The predicted octanol–water partition coefficient (Wildman–Crippen LogP) is 2.28. The summed E-state index contributed by atoms with van der Waals surface area (Å²) in [7, 11) is 0. The molecular weight excluding hydrogens is 478 g/mol. The normalized spacial score (nSPS) is 10.7. The highest BCUT2D eigenvalue weighted by Crippen LogP contribution is 2.22. The second-order valence-electron chi connectivity index (χ2n) is 6.33. The molecule has 0 atom stereocenters. The summed E-state index contributed by atoms with van der Waals surface area (Å²) in [6, 6.07) is 6.05. The Morgan fingerprint density at radius 3 is 2.71 bits per heavy atom. The monoisotopic (exact) mass is 494 g/mol. The second kappa shape index (κ2) is 9.75. The van der Waals surface area contributed by atoms with Crippen LogP contribution in [0.15, 0.2) is 45.8 Å². The lowest BCUT2D eigenvalue weighted by Crippen LogP contribution is -2.27. The van der Waals surface area contributed by atoms with Gasteiger partial charge in [-0.1, -0.05) is 0 Å². The Hall–Kier alpha value is -3.18. The van der Waals surface area contributed by atoms with Gasteiger partial charge in [-0.25, -0.2) is 18.3 Å². The molecule has 0 aliphatic carbocycles. The van der Waals surface area contributed by atoms with E-state index in [4.69, 9.17) is 9.84 Å². The Morgan fingerprint density at radius 2 is 2.06 bits per heavy atom. The van der Waals surface area contributed by atoms with E-state index in [0.29, 0.717) is 0 Å². The van der Waals surface area contributed by atoms with E-state index < -0.39 is 23.1 Å². The topological polar surface area (TPSA) is 106 Å². The van der Waals surface area contributed by atoms with Gasteiger partial charge >= 0.3 is 0 Å². The number of carbonyl (C=O) groups is 1. The molecule has 0 bridgehead atoms. The molecule has 3 rings (SSSR count). The first-order chi connectivity index (χ1) is 14.8. The third kappa shape index (κ3) is 5.12. The van der Waals surface area contributed by atoms with Crippen molar-refractivity contribution in [3.63, 3.8) is 0 Å². The van der Waals surface area contributed by atoms with Crippen molar-refractivity contribution < 1.29 is 23.4 Å². The number of aliphatic hydroxyl groups excluding tert-OH is 1. The van der Waals surface area contributed by atoms with E-state index in [1.807, 2.05) is 0 Å². The van der Waals surface area contributed by atoms with E-state index in [0.717, 1.165) is 12.1 Å². The van der Waals surface area contributed by atoms with Gasteiger partial charge in [-0.2, -0.15) is 4.98 Å². The number of hydrogen-bond donors (Lipinski definition) is 2. The first kappa shape index (κ1) is 22.5. The van der Waals surface area contributed by atoms with Crippen LogP contribution in [0.4, 0.5) is 8.78 Å². The molecule has 0 spiro atoms. The number of aryl methyl sites for hydroxylation is 1. The molecule has 0 saturated carbocycles. The molecule has 162 valence electrons. The summed E-state index contributed by atoms with van der Waals surface area (Å²) in [6.45, 7) is 1.23. The lowest BCUT2D eigenvalue weighted by Gasteiger charge is -2.13. The van der Waals surface area contributed by atoms with E-state index in [1.165, 1.54) is 29.0 Å². The molecular formula is C20H17BrF2N4O4. The summed E-state index contributed by atoms with van der Waals surface area (Å²) < 4.78 is 33.5. The van der Waals surface area contributed by atoms with Crippen molar-refractivity contribution in [1.29, 1.82) is 0 Å². The van der Waals surface area contributed by atoms with E-state index in [1.54, 1.807) is 6.92 Å². The number of aromatic nitrogens is 3. The number of aliphatic hydroxyl groups is 1. The van der Waals surface area contributed by atoms with Gasteiger partial charge in [0.05, 0.1) is 12.2 Å². The highest BCUT2D eigenvalue weighted by atomic mass is 79.9. The maximum absolute atomic E-state index is 13.8. The van der Waals surface area contributed by atoms with Gasteiger partial charge in [-0.05, 0) is 47.1 Å². The lowest BCUT2D eigenvalue weighted by atomic mass is 10.2. The van der Waals surface area contributed by atoms with Crippen molar-refractivity contribution in [3.05, 3.63) is 79.9 Å². The van der Waals surface area contributed by atoms with E-state index >= 15 is 0 Å². The molecule has 3 aromatic rings. The van der Waals surface area contributed by atoms with Crippen LogP contribution >= 0.6 is 15.9 Å². The van der Waals surface area contributed by atoms with Crippen LogP contribution in [0, 0.1) is 18.6 Å². The smallest absolute Gasteiger partial charge is 0.277 e. The van der Waals surface area contributed by atoms with Crippen molar-refractivity contribution in [1.82, 2.24) is 19.9 Å². The van der Waals surface area contributed by atoms with Gasteiger partial charge in [-0.15, -0.1) is 0 Å². The van der Waals surface area contributed by atoms with Gasteiger partial charge in [0.15, 0.2) is 0 Å². The zero-order valence-electron chi connectivity index (χ0n) is 16.2. The zero-order valence-corrected chi connectivity index (χ0v) is 17.8. The number of hydrogen-bond acceptors (Lipinski definition) is 6. The molecule has 1 aromatic carbocycles. The number of nitrogens with one attached hydrogen (secondary N) is 1. The first-order valence-corrected chi connectivity index (χ1v) is 9.82. The van der Waals surface area contributed by atoms with Gasteiger partial charge in [0, 0.05) is 24.4 Å². The van der Waals surface area contributed by atoms with Gasteiger partial charge in [-0.3, -0.25) is 9.59 Å². The fraction of sp³-hybridized carbons (Fsp3) is 0.200. The zero-order chi connectivity index (χ0) is 22.5. The average molecular weight is 495 g/mol. The number of ether oxygens (including phenoxy) is 1. The molecule has 0 saturated heterocycles. The van der Waals surface area contributed by atoms with E-state index in [9.17, 15) is 18.4 Å². The van der Waals surface area contributed by atoms with Crippen molar-refractivity contribution in [2.45, 2.75) is 13.5 Å². The van der Waals surface area contributed by atoms with Crippen molar-refractivity contribution in [3.8, 4) is 11.7 Å². The van der Waals surface area contributed by atoms with Crippen LogP contribution in [-0.4, -0.2) is 38.7 Å². The van der Waals surface area contributed by atoms with Crippen LogP contribution in [0.25, 0.3) is 5.82 Å². The number of nitrogens with zero attached hydrogens (tertiary/aromatic N) is 3. The molecule has 0 aliphatic rings. The molecule has 0 radical (unpaired) electrons. The minimum absolute atomic E-state index is 0.00724. The lowest BCUT2D eigenvalue weighted by molar-refractivity contribution is 0.0944. The van der Waals surface area contributed by atoms with Crippen LogP contribution in [0.3, 0.4) is 0 Å². The molecule has 0 aliphatic heterocycles. The predicted molar refractivity (Wildman–Crippen MR) is 110 cm³/mol. The quantitative estimate of drug-likeness (QED) is 0.521. The molecule has 1 amide bonds. The van der Waals surface area contributed by atoms with Crippen LogP contribution in [0.5, 0.6) is 5.88 Å². The van der Waals surface area contributed by atoms with Crippen molar-refractivity contribution in [2.75, 3.05) is 13.2 Å². The fourth-order valence-corrected chi connectivity index (χ4v) is 3.04. The Labute approximate surface area is 183 Å². The van der Waals surface area contributed by atoms with Gasteiger partial charge in [0.1, 0.15) is 34.4 Å². The maximum atomic E-state index is 13.8. The minimum Gasteiger partial charge on any atom is -0.472 e. The third-order valence-corrected chi connectivity index (χ3v) is 4.86. The Balaban J connectivity index is 1.84. The summed E-state index contributed by atoms with van der Waals surface area (Å²) in [4.78, 5) is 33.1. The Kier molecular flexibility index (Phi) is 7.08. The van der Waals surface area contributed by atoms with Crippen molar-refractivity contribution in [2.24, 2.45) is 0 Å². The Bertz CT molecular complexity index is 1170. The molecule has 8 nitrogen and oxygen atoms in total. The second-order valence-corrected chi connectivity index (χ2v) is 7.12. The summed E-state index contributed by atoms with van der Waals surface area (Å²) in [5.41, 5.74) is -0.156. The number of benzene rings is 1. The highest BCUT2D eigenvalue weighted by molar-refractivity contribution is 9.10. The molecule has 11 heteroatoms. The molecule has 2 heterocycles. The average Bonchev–Trinajstić information content (AvgIpc) is 2.75. The van der Waals surface area contributed by atoms with Crippen LogP contribution in [0.2, 0.25) is 0 Å². The minimum atomic E-state index is -0.770. The molecule has 2 aromatic heterocycles. The Morgan fingerprint density at radius 1 is 1.29 bits per heavy atom. The summed E-state index contributed by atoms with van der Waals surface area (Å²) >= 11 is 3.14. The van der Waals surface area contributed by atoms with Gasteiger partial charge < -0.3 is 15.2 Å². The van der Waals surface area contributed by atoms with Crippen LogP contribution in [0.1, 0.15) is 21.7 Å². The third-order valence-electron chi connectivity index (χ3n) is 4.18. The van der Waals surface area contributed by atoms with Gasteiger partial charge in [0.25, 0.3) is 11.5 Å². The summed E-state index contributed by atoms with van der Waals surface area (Å²) in [5.74, 6) is -1.47. The first-order valence-electron chi connectivity index (χ1n) is 9.03. The van der Waals surface area contributed by atoms with Gasteiger partial charge in [0.2, 0.25) is 5.88 Å². The SMILES string of the molecule is Cc1nc(OCc2ccc(F)cc2F)c(Br)c(=O)n1-c1ccc(C(=O)NCCO)cn1. The molecule has 31 heavy (non-hydrogen) atoms.